The van der Waals surface area contributed by atoms with Crippen LogP contribution in [0.4, 0.5) is 5.69 Å². The Balaban J connectivity index is 3.02. The topological polar surface area (TPSA) is 74.9 Å². The Morgan fingerprint density at radius 1 is 1.50 bits per heavy atom. The van der Waals surface area contributed by atoms with Gasteiger partial charge in [-0.1, -0.05) is 11.6 Å². The van der Waals surface area contributed by atoms with E-state index in [0.717, 1.165) is 0 Å². The number of rotatable bonds is 3. The minimum Gasteiger partial charge on any atom is -0.510 e. The van der Waals surface area contributed by atoms with Crippen LogP contribution in [0, 0.1) is 0 Å². The molecule has 0 atom stereocenters. The van der Waals surface area contributed by atoms with Crippen LogP contribution in [0.1, 0.15) is 13.8 Å². The maximum Gasteiger partial charge on any atom is 0.183 e. The van der Waals surface area contributed by atoms with E-state index >= 15 is 0 Å². The Hall–Kier alpha value is -1.75. The summed E-state index contributed by atoms with van der Waals surface area (Å²) in [6.45, 7) is 2.65. The molecule has 1 rings (SSSR count). The molecule has 5 nitrogen and oxygen atoms in total. The smallest absolute Gasteiger partial charge is 0.183 e. The molecule has 0 aliphatic heterocycles. The fourth-order valence-corrected chi connectivity index (χ4v) is 1.11. The third-order valence-corrected chi connectivity index (χ3v) is 1.96. The highest BCUT2D eigenvalue weighted by Crippen LogP contribution is 2.22. The molecular weight excluding hydrogens is 230 g/mol. The number of allylic oxidation sites excluding steroid dienone is 2. The Bertz CT molecular complexity index is 465. The number of hydrogen-bond donors (Lipinski definition) is 1. The first kappa shape index (κ1) is 12.3. The van der Waals surface area contributed by atoms with E-state index in [2.05, 4.69) is 15.2 Å². The second-order valence-electron chi connectivity index (χ2n) is 3.00. The first-order chi connectivity index (χ1) is 7.52. The zero-order valence-electron chi connectivity index (χ0n) is 8.81. The highest BCUT2D eigenvalue weighted by atomic mass is 35.5. The van der Waals surface area contributed by atoms with Gasteiger partial charge in [0.25, 0.3) is 0 Å². The van der Waals surface area contributed by atoms with Crippen molar-refractivity contribution in [2.45, 2.75) is 13.8 Å². The van der Waals surface area contributed by atoms with Crippen LogP contribution in [0.5, 0.6) is 0 Å². The van der Waals surface area contributed by atoms with Crippen LogP contribution in [0.15, 0.2) is 40.0 Å². The zero-order chi connectivity index (χ0) is 12.1. The molecule has 84 valence electrons. The molecule has 6 heteroatoms. The van der Waals surface area contributed by atoms with Crippen LogP contribution < -0.4 is 0 Å². The van der Waals surface area contributed by atoms with E-state index in [1.54, 1.807) is 12.1 Å². The molecule has 0 spiro atoms. The summed E-state index contributed by atoms with van der Waals surface area (Å²) >= 11 is 5.74. The average molecular weight is 240 g/mol. The van der Waals surface area contributed by atoms with Gasteiger partial charge in [-0.15, -0.1) is 10.2 Å². The van der Waals surface area contributed by atoms with Crippen molar-refractivity contribution in [3.63, 3.8) is 0 Å². The van der Waals surface area contributed by atoms with Gasteiger partial charge < -0.3 is 5.11 Å². The predicted octanol–water partition coefficient (Wildman–Crippen LogP) is 3.20. The molecule has 0 aromatic carbocycles. The van der Waals surface area contributed by atoms with Gasteiger partial charge >= 0.3 is 0 Å². The number of carbonyl (C=O) groups excluding carboxylic acids is 1. The number of pyridine rings is 1. The SMILES string of the molecule is CC(=O)C(N=Nc1cccnc1Cl)=C(C)O. The number of hydrogen-bond acceptors (Lipinski definition) is 5. The number of nitrogens with zero attached hydrogens (tertiary/aromatic N) is 3. The first-order valence-corrected chi connectivity index (χ1v) is 4.83. The number of Topliss-reactive ketones (excluding diaryl/α,β-unsaturated/α-hetero) is 1. The average Bonchev–Trinajstić information content (AvgIpc) is 2.20. The lowest BCUT2D eigenvalue weighted by atomic mass is 10.3. The van der Waals surface area contributed by atoms with E-state index in [1.807, 2.05) is 0 Å². The summed E-state index contributed by atoms with van der Waals surface area (Å²) in [6, 6.07) is 3.24. The van der Waals surface area contributed by atoms with Crippen LogP contribution in [-0.4, -0.2) is 15.9 Å². The molecule has 1 aromatic rings. The van der Waals surface area contributed by atoms with Gasteiger partial charge in [-0.3, -0.25) is 4.79 Å². The minimum atomic E-state index is -0.372. The van der Waals surface area contributed by atoms with E-state index in [-0.39, 0.29) is 22.4 Å². The lowest BCUT2D eigenvalue weighted by molar-refractivity contribution is -0.113. The lowest BCUT2D eigenvalue weighted by Gasteiger charge is -1.97. The van der Waals surface area contributed by atoms with Crippen molar-refractivity contribution in [3.8, 4) is 0 Å². The lowest BCUT2D eigenvalue weighted by Crippen LogP contribution is -1.96. The van der Waals surface area contributed by atoms with E-state index in [9.17, 15) is 9.90 Å². The second-order valence-corrected chi connectivity index (χ2v) is 3.36. The second kappa shape index (κ2) is 5.37. The third kappa shape index (κ3) is 3.13. The molecular formula is C10H10ClN3O2. The summed E-state index contributed by atoms with van der Waals surface area (Å²) in [7, 11) is 0. The monoisotopic (exact) mass is 239 g/mol. The highest BCUT2D eigenvalue weighted by Gasteiger charge is 2.07. The normalized spacial score (nSPS) is 12.7. The fourth-order valence-electron chi connectivity index (χ4n) is 0.954. The number of aromatic nitrogens is 1. The van der Waals surface area contributed by atoms with Gasteiger partial charge in [0, 0.05) is 13.1 Å². The van der Waals surface area contributed by atoms with Crippen molar-refractivity contribution in [3.05, 3.63) is 34.9 Å². The number of ketones is 1. The zero-order valence-corrected chi connectivity index (χ0v) is 9.56. The molecule has 1 aromatic heterocycles. The van der Waals surface area contributed by atoms with Crippen LogP contribution >= 0.6 is 11.6 Å². The van der Waals surface area contributed by atoms with Gasteiger partial charge in [0.1, 0.15) is 11.4 Å². The van der Waals surface area contributed by atoms with Crippen molar-refractivity contribution in [2.24, 2.45) is 10.2 Å². The third-order valence-electron chi connectivity index (χ3n) is 1.67. The van der Waals surface area contributed by atoms with Crippen molar-refractivity contribution in [1.29, 1.82) is 0 Å². The number of aliphatic hydroxyl groups is 1. The molecule has 0 aliphatic rings. The Morgan fingerprint density at radius 3 is 2.69 bits per heavy atom. The Labute approximate surface area is 97.5 Å². The van der Waals surface area contributed by atoms with E-state index in [0.29, 0.717) is 5.69 Å². The van der Waals surface area contributed by atoms with Gasteiger partial charge in [0.2, 0.25) is 0 Å². The Kier molecular flexibility index (Phi) is 4.13. The number of aliphatic hydroxyl groups excluding tert-OH is 1. The van der Waals surface area contributed by atoms with Gasteiger partial charge in [0.05, 0.1) is 0 Å². The van der Waals surface area contributed by atoms with Crippen LogP contribution in [0.25, 0.3) is 0 Å². The summed E-state index contributed by atoms with van der Waals surface area (Å²) in [6.07, 6.45) is 1.51. The predicted molar refractivity (Wildman–Crippen MR) is 59.8 cm³/mol. The van der Waals surface area contributed by atoms with Gasteiger partial charge in [-0.2, -0.15) is 0 Å². The maximum atomic E-state index is 11.1. The summed E-state index contributed by atoms with van der Waals surface area (Å²) in [5.41, 5.74) is 0.240. The molecule has 16 heavy (non-hydrogen) atoms. The molecule has 0 unspecified atom stereocenters. The van der Waals surface area contributed by atoms with E-state index < -0.39 is 0 Å². The molecule has 0 fully saturated rings. The van der Waals surface area contributed by atoms with Crippen LogP contribution in [0.2, 0.25) is 5.15 Å². The van der Waals surface area contributed by atoms with Gasteiger partial charge in [-0.25, -0.2) is 4.98 Å². The molecule has 0 bridgehead atoms. The fraction of sp³-hybridized carbons (Fsp3) is 0.200. The molecule has 1 N–H and O–H groups in total. The molecule has 0 aliphatic carbocycles. The van der Waals surface area contributed by atoms with Crippen molar-refractivity contribution in [2.75, 3.05) is 0 Å². The molecule has 0 saturated carbocycles. The van der Waals surface area contributed by atoms with Crippen LogP contribution in [-0.2, 0) is 4.79 Å². The summed E-state index contributed by atoms with van der Waals surface area (Å²) in [5.74, 6) is -0.556. The Morgan fingerprint density at radius 2 is 2.19 bits per heavy atom. The molecule has 1 heterocycles. The van der Waals surface area contributed by atoms with Crippen LogP contribution in [0.3, 0.4) is 0 Å². The summed E-state index contributed by atoms with van der Waals surface area (Å²) in [5, 5.41) is 16.7. The largest absolute Gasteiger partial charge is 0.510 e. The number of carbonyl (C=O) groups is 1. The number of halogens is 1. The van der Waals surface area contributed by atoms with Crippen molar-refractivity contribution < 1.29 is 9.90 Å². The first-order valence-electron chi connectivity index (χ1n) is 4.45. The van der Waals surface area contributed by atoms with Gasteiger partial charge in [0.15, 0.2) is 16.6 Å². The van der Waals surface area contributed by atoms with Crippen molar-refractivity contribution in [1.82, 2.24) is 4.98 Å². The quantitative estimate of drug-likeness (QED) is 0.381. The standard InChI is InChI=1S/C10H10ClN3O2/c1-6(15)9(7(2)16)14-13-8-4-3-5-12-10(8)11/h3-5,15H,1-2H3. The summed E-state index contributed by atoms with van der Waals surface area (Å²) in [4.78, 5) is 14.9. The number of azo groups is 1. The van der Waals surface area contributed by atoms with E-state index in [4.69, 9.17) is 11.6 Å². The van der Waals surface area contributed by atoms with Gasteiger partial charge in [-0.05, 0) is 19.1 Å². The maximum absolute atomic E-state index is 11.1. The van der Waals surface area contributed by atoms with Crippen molar-refractivity contribution >= 4 is 23.1 Å². The highest BCUT2D eigenvalue weighted by molar-refractivity contribution is 6.31. The van der Waals surface area contributed by atoms with E-state index in [1.165, 1.54) is 20.0 Å². The summed E-state index contributed by atoms with van der Waals surface area (Å²) < 4.78 is 0. The molecule has 0 radical (unpaired) electrons. The molecule has 0 amide bonds. The molecule has 0 saturated heterocycles. The minimum absolute atomic E-state index is 0.0973.